The molecule has 0 saturated carbocycles. The van der Waals surface area contributed by atoms with E-state index in [1.807, 2.05) is 18.2 Å². The second kappa shape index (κ2) is 7.66. The number of nitrogens with zero attached hydrogens (tertiary/aromatic N) is 1. The number of fused-ring (bicyclic) bond motifs is 1. The monoisotopic (exact) mass is 293 g/mol. The Morgan fingerprint density at radius 3 is 2.52 bits per heavy atom. The molecule has 1 aliphatic heterocycles. The average molecular weight is 293 g/mol. The first-order valence-corrected chi connectivity index (χ1v) is 7.90. The lowest BCUT2D eigenvalue weighted by Crippen LogP contribution is -2.31. The van der Waals surface area contributed by atoms with Crippen LogP contribution in [0.3, 0.4) is 0 Å². The van der Waals surface area contributed by atoms with Crippen LogP contribution in [0.2, 0.25) is 0 Å². The van der Waals surface area contributed by atoms with Crippen LogP contribution in [-0.2, 0) is 0 Å². The minimum absolute atomic E-state index is 0.499. The van der Waals surface area contributed by atoms with Crippen molar-refractivity contribution in [1.29, 1.82) is 0 Å². The van der Waals surface area contributed by atoms with Gasteiger partial charge in [-0.25, -0.2) is 0 Å². The molecule has 0 fully saturated rings. The molecule has 1 aliphatic rings. The van der Waals surface area contributed by atoms with Gasteiger partial charge in [0.1, 0.15) is 0 Å². The molecule has 0 aromatic heterocycles. The van der Waals surface area contributed by atoms with E-state index in [0.29, 0.717) is 25.7 Å². The van der Waals surface area contributed by atoms with Crippen molar-refractivity contribution < 1.29 is 14.6 Å². The summed E-state index contributed by atoms with van der Waals surface area (Å²) in [5, 5.41) is 10.5. The summed E-state index contributed by atoms with van der Waals surface area (Å²) < 4.78 is 11.3. The number of hydrogen-bond donors (Lipinski definition) is 1. The Kier molecular flexibility index (Phi) is 5.88. The van der Waals surface area contributed by atoms with Gasteiger partial charge in [0.05, 0.1) is 19.3 Å². The predicted molar refractivity (Wildman–Crippen MR) is 84.0 cm³/mol. The van der Waals surface area contributed by atoms with Gasteiger partial charge in [-0.1, -0.05) is 26.8 Å². The molecular weight excluding hydrogens is 266 g/mol. The Morgan fingerprint density at radius 1 is 1.14 bits per heavy atom. The van der Waals surface area contributed by atoms with Crippen LogP contribution in [0.5, 0.6) is 11.5 Å². The number of ether oxygens (including phenoxy) is 2. The Morgan fingerprint density at radius 2 is 1.86 bits per heavy atom. The number of aliphatic hydroxyl groups is 1. The van der Waals surface area contributed by atoms with Crippen molar-refractivity contribution in [3.8, 4) is 11.5 Å². The molecule has 1 heterocycles. The highest BCUT2D eigenvalue weighted by Crippen LogP contribution is 2.32. The van der Waals surface area contributed by atoms with Gasteiger partial charge in [0.25, 0.3) is 0 Å². The van der Waals surface area contributed by atoms with Crippen molar-refractivity contribution in [3.05, 3.63) is 23.8 Å². The van der Waals surface area contributed by atoms with Gasteiger partial charge in [-0.15, -0.1) is 0 Å². The lowest BCUT2D eigenvalue weighted by molar-refractivity contribution is 0.109. The molecule has 4 nitrogen and oxygen atoms in total. The first-order chi connectivity index (χ1) is 10.1. The van der Waals surface area contributed by atoms with Gasteiger partial charge in [-0.2, -0.15) is 0 Å². The summed E-state index contributed by atoms with van der Waals surface area (Å²) in [6.45, 7) is 10.5. The molecule has 0 bridgehead atoms. The topological polar surface area (TPSA) is 41.9 Å². The maximum atomic E-state index is 10.5. The zero-order chi connectivity index (χ0) is 15.2. The van der Waals surface area contributed by atoms with Crippen LogP contribution in [0.1, 0.15) is 38.9 Å². The van der Waals surface area contributed by atoms with Crippen molar-refractivity contribution in [2.75, 3.05) is 32.8 Å². The van der Waals surface area contributed by atoms with Gasteiger partial charge >= 0.3 is 0 Å². The maximum Gasteiger partial charge on any atom is 0.161 e. The molecule has 0 amide bonds. The molecule has 0 saturated heterocycles. The molecule has 0 spiro atoms. The molecular formula is C17H27NO3. The first-order valence-electron chi connectivity index (χ1n) is 7.90. The molecule has 4 heteroatoms. The van der Waals surface area contributed by atoms with Crippen LogP contribution < -0.4 is 9.47 Å². The smallest absolute Gasteiger partial charge is 0.161 e. The van der Waals surface area contributed by atoms with E-state index in [1.54, 1.807) is 0 Å². The number of benzene rings is 1. The van der Waals surface area contributed by atoms with Crippen LogP contribution >= 0.6 is 0 Å². The first kappa shape index (κ1) is 16.1. The molecule has 1 aromatic rings. The van der Waals surface area contributed by atoms with Crippen LogP contribution in [0.4, 0.5) is 0 Å². The largest absolute Gasteiger partial charge is 0.490 e. The number of rotatable bonds is 6. The zero-order valence-electron chi connectivity index (χ0n) is 13.3. The molecule has 0 aliphatic carbocycles. The molecule has 0 radical (unpaired) electrons. The van der Waals surface area contributed by atoms with E-state index in [2.05, 4.69) is 25.7 Å². The lowest BCUT2D eigenvalue weighted by atomic mass is 10.1. The summed E-state index contributed by atoms with van der Waals surface area (Å²) in [7, 11) is 0. The van der Waals surface area contributed by atoms with Gasteiger partial charge in [0.2, 0.25) is 0 Å². The molecule has 1 aromatic carbocycles. The van der Waals surface area contributed by atoms with Crippen molar-refractivity contribution in [1.82, 2.24) is 4.90 Å². The summed E-state index contributed by atoms with van der Waals surface area (Å²) >= 11 is 0. The molecule has 2 rings (SSSR count). The summed E-state index contributed by atoms with van der Waals surface area (Å²) in [5.74, 6) is 2.12. The predicted octanol–water partition coefficient (Wildman–Crippen LogP) is 2.86. The fraction of sp³-hybridized carbons (Fsp3) is 0.647. The van der Waals surface area contributed by atoms with E-state index < -0.39 is 6.10 Å². The standard InChI is InChI=1S/C17H27NO3/c1-4-18(11-13(2)3)12-15(19)14-6-7-16-17(10-14)21-9-5-8-20-16/h6-7,10,13,15,19H,4-5,8-9,11-12H2,1-3H3. The Balaban J connectivity index is 2.05. The third-order valence-electron chi connectivity index (χ3n) is 3.66. The second-order valence-corrected chi connectivity index (χ2v) is 6.02. The molecule has 1 N–H and O–H groups in total. The quantitative estimate of drug-likeness (QED) is 0.876. The van der Waals surface area contributed by atoms with E-state index in [1.165, 1.54) is 0 Å². The minimum Gasteiger partial charge on any atom is -0.490 e. The molecule has 1 unspecified atom stereocenters. The second-order valence-electron chi connectivity index (χ2n) is 6.02. The third-order valence-corrected chi connectivity index (χ3v) is 3.66. The normalized spacial score (nSPS) is 16.1. The minimum atomic E-state index is -0.499. The van der Waals surface area contributed by atoms with Crippen LogP contribution in [0, 0.1) is 5.92 Å². The van der Waals surface area contributed by atoms with Gasteiger partial charge in [0, 0.05) is 19.5 Å². The number of likely N-dealkylation sites (N-methyl/N-ethyl adjacent to an activating group) is 1. The van der Waals surface area contributed by atoms with Crippen LogP contribution in [-0.4, -0.2) is 42.9 Å². The zero-order valence-corrected chi connectivity index (χ0v) is 13.3. The van der Waals surface area contributed by atoms with E-state index in [4.69, 9.17) is 9.47 Å². The summed E-state index contributed by atoms with van der Waals surface area (Å²) in [6, 6.07) is 5.74. The van der Waals surface area contributed by atoms with E-state index in [-0.39, 0.29) is 0 Å². The van der Waals surface area contributed by atoms with Crippen LogP contribution in [0.15, 0.2) is 18.2 Å². The lowest BCUT2D eigenvalue weighted by Gasteiger charge is -2.25. The van der Waals surface area contributed by atoms with Crippen molar-refractivity contribution in [2.24, 2.45) is 5.92 Å². The van der Waals surface area contributed by atoms with E-state index >= 15 is 0 Å². The third kappa shape index (κ3) is 4.61. The Hall–Kier alpha value is -1.26. The van der Waals surface area contributed by atoms with Crippen LogP contribution in [0.25, 0.3) is 0 Å². The van der Waals surface area contributed by atoms with Gasteiger partial charge < -0.3 is 19.5 Å². The van der Waals surface area contributed by atoms with Crippen molar-refractivity contribution >= 4 is 0 Å². The fourth-order valence-electron chi connectivity index (χ4n) is 2.59. The highest BCUT2D eigenvalue weighted by molar-refractivity contribution is 5.44. The van der Waals surface area contributed by atoms with Gasteiger partial charge in [-0.3, -0.25) is 0 Å². The molecule has 1 atom stereocenters. The van der Waals surface area contributed by atoms with E-state index in [0.717, 1.165) is 36.6 Å². The fourth-order valence-corrected chi connectivity index (χ4v) is 2.59. The van der Waals surface area contributed by atoms with Gasteiger partial charge in [-0.05, 0) is 30.2 Å². The van der Waals surface area contributed by atoms with Gasteiger partial charge in [0.15, 0.2) is 11.5 Å². The highest BCUT2D eigenvalue weighted by atomic mass is 16.5. The SMILES string of the molecule is CCN(CC(C)C)CC(O)c1ccc2c(c1)OCCCO2. The summed E-state index contributed by atoms with van der Waals surface area (Å²) in [4.78, 5) is 2.28. The number of hydrogen-bond acceptors (Lipinski definition) is 4. The van der Waals surface area contributed by atoms with Crippen molar-refractivity contribution in [3.63, 3.8) is 0 Å². The molecule has 21 heavy (non-hydrogen) atoms. The molecule has 118 valence electrons. The average Bonchev–Trinajstić information content (AvgIpc) is 2.70. The highest BCUT2D eigenvalue weighted by Gasteiger charge is 2.17. The maximum absolute atomic E-state index is 10.5. The van der Waals surface area contributed by atoms with Crippen molar-refractivity contribution in [2.45, 2.75) is 33.3 Å². The summed E-state index contributed by atoms with van der Waals surface area (Å²) in [5.41, 5.74) is 0.890. The summed E-state index contributed by atoms with van der Waals surface area (Å²) in [6.07, 6.45) is 0.394. The Bertz CT molecular complexity index is 448. The Labute approximate surface area is 127 Å². The number of aliphatic hydroxyl groups excluding tert-OH is 1. The van der Waals surface area contributed by atoms with E-state index in [9.17, 15) is 5.11 Å².